The Labute approximate surface area is 108 Å². The maximum Gasteiger partial charge on any atom is 0.134 e. The Bertz CT molecular complexity index is 372. The number of phenolic OH excluding ortho intramolecular Hbond substituents is 1. The second kappa shape index (κ2) is 5.63. The van der Waals surface area contributed by atoms with Gasteiger partial charge in [-0.1, -0.05) is 24.9 Å². The molecule has 1 fully saturated rings. The van der Waals surface area contributed by atoms with E-state index >= 15 is 0 Å². The van der Waals surface area contributed by atoms with Gasteiger partial charge in [0.25, 0.3) is 0 Å². The van der Waals surface area contributed by atoms with Gasteiger partial charge in [-0.3, -0.25) is 0 Å². The molecule has 0 spiro atoms. The van der Waals surface area contributed by atoms with Gasteiger partial charge in [0.1, 0.15) is 5.75 Å². The average molecular weight is 254 g/mol. The predicted molar refractivity (Wildman–Crippen MR) is 72.8 cm³/mol. The van der Waals surface area contributed by atoms with Crippen LogP contribution in [-0.2, 0) is 0 Å². The summed E-state index contributed by atoms with van der Waals surface area (Å²) in [6.07, 6.45) is 6.41. The summed E-state index contributed by atoms with van der Waals surface area (Å²) < 4.78 is 0. The summed E-state index contributed by atoms with van der Waals surface area (Å²) >= 11 is 5.89. The van der Waals surface area contributed by atoms with Crippen molar-refractivity contribution in [1.82, 2.24) is 0 Å². The molecule has 0 saturated heterocycles. The summed E-state index contributed by atoms with van der Waals surface area (Å²) in [5.41, 5.74) is 1.01. The highest BCUT2D eigenvalue weighted by atomic mass is 35.5. The molecule has 1 aliphatic carbocycles. The lowest BCUT2D eigenvalue weighted by atomic mass is 9.84. The van der Waals surface area contributed by atoms with Crippen LogP contribution in [0.2, 0.25) is 5.02 Å². The minimum atomic E-state index is 0.145. The van der Waals surface area contributed by atoms with Crippen LogP contribution in [0.15, 0.2) is 18.2 Å². The first-order valence-electron chi connectivity index (χ1n) is 6.44. The van der Waals surface area contributed by atoms with Crippen molar-refractivity contribution in [2.24, 2.45) is 5.92 Å². The van der Waals surface area contributed by atoms with Gasteiger partial charge in [0.15, 0.2) is 0 Å². The molecule has 0 aliphatic heterocycles. The Balaban J connectivity index is 1.91. The molecule has 17 heavy (non-hydrogen) atoms. The van der Waals surface area contributed by atoms with Crippen molar-refractivity contribution in [2.75, 3.05) is 5.32 Å². The van der Waals surface area contributed by atoms with Gasteiger partial charge >= 0.3 is 0 Å². The number of anilines is 1. The van der Waals surface area contributed by atoms with E-state index in [2.05, 4.69) is 12.2 Å². The molecule has 1 saturated carbocycles. The van der Waals surface area contributed by atoms with E-state index in [1.165, 1.54) is 32.1 Å². The number of halogens is 1. The van der Waals surface area contributed by atoms with Crippen molar-refractivity contribution in [3.8, 4) is 5.75 Å². The van der Waals surface area contributed by atoms with Crippen LogP contribution in [0.25, 0.3) is 0 Å². The first kappa shape index (κ1) is 12.6. The molecule has 3 heteroatoms. The Hall–Kier alpha value is -0.890. The minimum Gasteiger partial charge on any atom is -0.506 e. The summed E-state index contributed by atoms with van der Waals surface area (Å²) in [6, 6.07) is 5.87. The third-order valence-corrected chi connectivity index (χ3v) is 4.05. The van der Waals surface area contributed by atoms with Crippen LogP contribution < -0.4 is 5.32 Å². The van der Waals surface area contributed by atoms with E-state index < -0.39 is 0 Å². The molecule has 1 aromatic carbocycles. The summed E-state index contributed by atoms with van der Waals surface area (Å²) in [7, 11) is 0. The second-order valence-electron chi connectivity index (χ2n) is 4.94. The van der Waals surface area contributed by atoms with E-state index in [1.807, 2.05) is 6.07 Å². The Morgan fingerprint density at radius 3 is 2.59 bits per heavy atom. The van der Waals surface area contributed by atoms with E-state index in [4.69, 9.17) is 11.6 Å². The molecule has 0 bridgehead atoms. The highest BCUT2D eigenvalue weighted by molar-refractivity contribution is 6.32. The normalized spacial score (nSPS) is 24.6. The monoisotopic (exact) mass is 253 g/mol. The van der Waals surface area contributed by atoms with Crippen LogP contribution >= 0.6 is 11.6 Å². The number of nitrogens with one attached hydrogen (secondary N) is 1. The third-order valence-electron chi connectivity index (χ3n) is 3.74. The Kier molecular flexibility index (Phi) is 4.16. The number of rotatable bonds is 3. The molecular formula is C14H20ClNO. The largest absolute Gasteiger partial charge is 0.506 e. The smallest absolute Gasteiger partial charge is 0.134 e. The van der Waals surface area contributed by atoms with Crippen LogP contribution in [0.3, 0.4) is 0 Å². The molecule has 0 unspecified atom stereocenters. The fraction of sp³-hybridized carbons (Fsp3) is 0.571. The summed E-state index contributed by atoms with van der Waals surface area (Å²) in [6.45, 7) is 2.28. The number of hydrogen-bond donors (Lipinski definition) is 2. The Morgan fingerprint density at radius 1 is 1.29 bits per heavy atom. The van der Waals surface area contributed by atoms with Crippen molar-refractivity contribution in [2.45, 2.75) is 45.1 Å². The summed E-state index contributed by atoms with van der Waals surface area (Å²) in [5.74, 6) is 1.06. The van der Waals surface area contributed by atoms with E-state index in [1.54, 1.807) is 12.1 Å². The first-order valence-corrected chi connectivity index (χ1v) is 6.82. The van der Waals surface area contributed by atoms with Gasteiger partial charge in [-0.15, -0.1) is 0 Å². The van der Waals surface area contributed by atoms with Gasteiger partial charge in [-0.05, 0) is 49.8 Å². The molecule has 1 aliphatic rings. The lowest BCUT2D eigenvalue weighted by Gasteiger charge is -2.29. The minimum absolute atomic E-state index is 0.145. The molecule has 2 N–H and O–H groups in total. The van der Waals surface area contributed by atoms with Gasteiger partial charge in [0.05, 0.1) is 5.02 Å². The molecule has 0 radical (unpaired) electrons. The van der Waals surface area contributed by atoms with Crippen LogP contribution in [-0.4, -0.2) is 11.1 Å². The van der Waals surface area contributed by atoms with Crippen LogP contribution in [0, 0.1) is 5.92 Å². The Morgan fingerprint density at radius 2 is 2.00 bits per heavy atom. The lowest BCUT2D eigenvalue weighted by molar-refractivity contribution is 0.330. The van der Waals surface area contributed by atoms with E-state index in [0.717, 1.165) is 11.6 Å². The fourth-order valence-corrected chi connectivity index (χ4v) is 2.73. The maximum absolute atomic E-state index is 9.36. The van der Waals surface area contributed by atoms with Crippen LogP contribution in [0.5, 0.6) is 5.75 Å². The number of benzene rings is 1. The van der Waals surface area contributed by atoms with E-state index in [0.29, 0.717) is 11.1 Å². The predicted octanol–water partition coefficient (Wildman–Crippen LogP) is 4.43. The van der Waals surface area contributed by atoms with Crippen molar-refractivity contribution in [1.29, 1.82) is 0 Å². The van der Waals surface area contributed by atoms with Gasteiger partial charge in [0.2, 0.25) is 0 Å². The third kappa shape index (κ3) is 3.29. The van der Waals surface area contributed by atoms with Gasteiger partial charge in [-0.25, -0.2) is 0 Å². The standard InChI is InChI=1S/C14H20ClNO/c1-2-10-3-5-11(6-4-10)16-12-7-8-14(17)13(15)9-12/h7-11,16-17H,2-6H2,1H3. The number of phenols is 1. The molecular weight excluding hydrogens is 234 g/mol. The molecule has 2 nitrogen and oxygen atoms in total. The van der Waals surface area contributed by atoms with Crippen molar-refractivity contribution >= 4 is 17.3 Å². The topological polar surface area (TPSA) is 32.3 Å². The van der Waals surface area contributed by atoms with Crippen molar-refractivity contribution < 1.29 is 5.11 Å². The molecule has 0 amide bonds. The average Bonchev–Trinajstić information content (AvgIpc) is 2.35. The molecule has 0 atom stereocenters. The molecule has 94 valence electrons. The number of hydrogen-bond acceptors (Lipinski definition) is 2. The quantitative estimate of drug-likeness (QED) is 0.782. The van der Waals surface area contributed by atoms with Gasteiger partial charge in [-0.2, -0.15) is 0 Å². The van der Waals surface area contributed by atoms with Crippen LogP contribution in [0.4, 0.5) is 5.69 Å². The molecule has 2 rings (SSSR count). The van der Waals surface area contributed by atoms with Crippen molar-refractivity contribution in [3.63, 3.8) is 0 Å². The zero-order valence-electron chi connectivity index (χ0n) is 10.2. The molecule has 1 aromatic rings. The highest BCUT2D eigenvalue weighted by Gasteiger charge is 2.19. The number of aromatic hydroxyl groups is 1. The molecule has 0 aromatic heterocycles. The zero-order valence-corrected chi connectivity index (χ0v) is 11.0. The zero-order chi connectivity index (χ0) is 12.3. The summed E-state index contributed by atoms with van der Waals surface area (Å²) in [5, 5.41) is 13.3. The highest BCUT2D eigenvalue weighted by Crippen LogP contribution is 2.30. The summed E-state index contributed by atoms with van der Waals surface area (Å²) in [4.78, 5) is 0. The fourth-order valence-electron chi connectivity index (χ4n) is 2.55. The lowest BCUT2D eigenvalue weighted by Crippen LogP contribution is -2.25. The van der Waals surface area contributed by atoms with Crippen LogP contribution in [0.1, 0.15) is 39.0 Å². The first-order chi connectivity index (χ1) is 8.19. The van der Waals surface area contributed by atoms with Gasteiger partial charge in [0, 0.05) is 11.7 Å². The second-order valence-corrected chi connectivity index (χ2v) is 5.34. The van der Waals surface area contributed by atoms with Crippen molar-refractivity contribution in [3.05, 3.63) is 23.2 Å². The maximum atomic E-state index is 9.36. The van der Waals surface area contributed by atoms with E-state index in [9.17, 15) is 5.11 Å². The SMILES string of the molecule is CCC1CCC(Nc2ccc(O)c(Cl)c2)CC1. The van der Waals surface area contributed by atoms with E-state index in [-0.39, 0.29) is 5.75 Å². The van der Waals surface area contributed by atoms with Gasteiger partial charge < -0.3 is 10.4 Å². The molecule has 0 heterocycles.